The maximum Gasteiger partial charge on any atom is 0.231 e. The largest absolute Gasteiger partial charge is 0.454 e. The number of carbonyl (C=O) groups is 1. The molecule has 0 saturated heterocycles. The normalized spacial score (nSPS) is 12.0. The van der Waals surface area contributed by atoms with Crippen LogP contribution in [0.3, 0.4) is 0 Å². The van der Waals surface area contributed by atoms with Crippen LogP contribution in [0, 0.1) is 0 Å². The van der Waals surface area contributed by atoms with Crippen LogP contribution in [0.25, 0.3) is 16.9 Å². The Morgan fingerprint density at radius 1 is 0.970 bits per heavy atom. The number of aromatic nitrogens is 2. The zero-order valence-electron chi connectivity index (χ0n) is 17.8. The van der Waals surface area contributed by atoms with E-state index in [9.17, 15) is 4.79 Å². The lowest BCUT2D eigenvalue weighted by molar-refractivity contribution is -0.121. The number of benzene rings is 3. The van der Waals surface area contributed by atoms with Crippen LogP contribution in [0.2, 0.25) is 5.02 Å². The molecule has 0 radical (unpaired) electrons. The van der Waals surface area contributed by atoms with Crippen molar-refractivity contribution >= 4 is 17.5 Å². The number of amides is 1. The van der Waals surface area contributed by atoms with Crippen molar-refractivity contribution in [2.45, 2.75) is 19.4 Å². The number of halogens is 1. The highest BCUT2D eigenvalue weighted by Gasteiger charge is 2.18. The lowest BCUT2D eigenvalue weighted by Gasteiger charge is -2.07. The van der Waals surface area contributed by atoms with Gasteiger partial charge in [-0.1, -0.05) is 48.0 Å². The van der Waals surface area contributed by atoms with Crippen LogP contribution in [0.4, 0.5) is 0 Å². The summed E-state index contributed by atoms with van der Waals surface area (Å²) >= 11 is 6.19. The van der Waals surface area contributed by atoms with Crippen molar-refractivity contribution in [1.82, 2.24) is 15.1 Å². The summed E-state index contributed by atoms with van der Waals surface area (Å²) < 4.78 is 12.8. The molecule has 7 heteroatoms. The fraction of sp³-hybridized carbons (Fsp3) is 0.154. The van der Waals surface area contributed by atoms with Gasteiger partial charge in [-0.25, -0.2) is 4.68 Å². The molecule has 0 unspecified atom stereocenters. The number of para-hydroxylation sites is 1. The fourth-order valence-corrected chi connectivity index (χ4v) is 3.97. The summed E-state index contributed by atoms with van der Waals surface area (Å²) in [5.74, 6) is 1.38. The van der Waals surface area contributed by atoms with Crippen LogP contribution < -0.4 is 14.8 Å². The topological polar surface area (TPSA) is 65.4 Å². The summed E-state index contributed by atoms with van der Waals surface area (Å²) in [5, 5.41) is 8.43. The molecule has 33 heavy (non-hydrogen) atoms. The van der Waals surface area contributed by atoms with Crippen molar-refractivity contribution in [3.63, 3.8) is 0 Å². The zero-order valence-corrected chi connectivity index (χ0v) is 18.6. The molecule has 1 amide bonds. The first kappa shape index (κ1) is 21.1. The van der Waals surface area contributed by atoms with Gasteiger partial charge in [0, 0.05) is 29.7 Å². The maximum atomic E-state index is 12.6. The minimum absolute atomic E-state index is 0.0426. The van der Waals surface area contributed by atoms with Crippen molar-refractivity contribution in [2.75, 3.05) is 6.79 Å². The Bertz CT molecular complexity index is 1290. The fourth-order valence-electron chi connectivity index (χ4n) is 3.76. The number of hydrogen-bond donors (Lipinski definition) is 1. The van der Waals surface area contributed by atoms with Gasteiger partial charge in [0.25, 0.3) is 0 Å². The molecule has 1 aromatic heterocycles. The second-order valence-corrected chi connectivity index (χ2v) is 8.13. The van der Waals surface area contributed by atoms with Gasteiger partial charge in [0.15, 0.2) is 11.5 Å². The third-order valence-electron chi connectivity index (χ3n) is 5.51. The van der Waals surface area contributed by atoms with Crippen molar-refractivity contribution < 1.29 is 14.3 Å². The van der Waals surface area contributed by atoms with Crippen LogP contribution in [0.1, 0.15) is 17.5 Å². The van der Waals surface area contributed by atoms with Crippen molar-refractivity contribution in [3.8, 4) is 28.4 Å². The van der Waals surface area contributed by atoms with E-state index in [0.29, 0.717) is 30.2 Å². The molecule has 2 heterocycles. The first-order valence-electron chi connectivity index (χ1n) is 10.7. The molecule has 0 spiro atoms. The van der Waals surface area contributed by atoms with E-state index in [0.717, 1.165) is 33.8 Å². The smallest absolute Gasteiger partial charge is 0.231 e. The molecule has 0 saturated carbocycles. The average Bonchev–Trinajstić information content (AvgIpc) is 3.49. The van der Waals surface area contributed by atoms with Crippen LogP contribution in [-0.4, -0.2) is 22.5 Å². The van der Waals surface area contributed by atoms with Gasteiger partial charge >= 0.3 is 0 Å². The molecular formula is C26H22ClN3O3. The molecule has 4 aromatic rings. The monoisotopic (exact) mass is 459 g/mol. The predicted molar refractivity (Wildman–Crippen MR) is 127 cm³/mol. The minimum Gasteiger partial charge on any atom is -0.454 e. The summed E-state index contributed by atoms with van der Waals surface area (Å²) in [6.07, 6.45) is 2.87. The van der Waals surface area contributed by atoms with Crippen LogP contribution in [0.15, 0.2) is 79.0 Å². The molecule has 1 aliphatic rings. The molecule has 6 nitrogen and oxygen atoms in total. The number of carbonyl (C=O) groups excluding carboxylic acids is 1. The van der Waals surface area contributed by atoms with Crippen molar-refractivity contribution in [3.05, 3.63) is 95.1 Å². The molecule has 1 aliphatic heterocycles. The van der Waals surface area contributed by atoms with Crippen LogP contribution in [-0.2, 0) is 17.8 Å². The van der Waals surface area contributed by atoms with E-state index < -0.39 is 0 Å². The summed E-state index contributed by atoms with van der Waals surface area (Å²) in [6.45, 7) is 0.618. The number of aryl methyl sites for hydroxylation is 1. The quantitative estimate of drug-likeness (QED) is 0.414. The maximum absolute atomic E-state index is 12.6. The average molecular weight is 460 g/mol. The van der Waals surface area contributed by atoms with E-state index in [-0.39, 0.29) is 12.7 Å². The minimum atomic E-state index is -0.0426. The molecular weight excluding hydrogens is 438 g/mol. The zero-order chi connectivity index (χ0) is 22.6. The van der Waals surface area contributed by atoms with Gasteiger partial charge < -0.3 is 14.8 Å². The summed E-state index contributed by atoms with van der Waals surface area (Å²) in [6, 6.07) is 23.2. The Kier molecular flexibility index (Phi) is 6.00. The number of ether oxygens (including phenoxy) is 2. The van der Waals surface area contributed by atoms with Gasteiger partial charge in [-0.2, -0.15) is 5.10 Å². The molecule has 0 bridgehead atoms. The van der Waals surface area contributed by atoms with Crippen molar-refractivity contribution in [1.29, 1.82) is 0 Å². The van der Waals surface area contributed by atoms with Gasteiger partial charge in [-0.3, -0.25) is 4.79 Å². The highest BCUT2D eigenvalue weighted by atomic mass is 35.5. The second kappa shape index (κ2) is 9.38. The second-order valence-electron chi connectivity index (χ2n) is 7.72. The number of rotatable bonds is 7. The molecule has 3 aromatic carbocycles. The Hall–Kier alpha value is -3.77. The molecule has 0 atom stereocenters. The Balaban J connectivity index is 1.36. The highest BCUT2D eigenvalue weighted by Crippen LogP contribution is 2.36. The summed E-state index contributed by atoms with van der Waals surface area (Å²) in [5.41, 5.74) is 4.56. The molecule has 1 N–H and O–H groups in total. The number of hydrogen-bond acceptors (Lipinski definition) is 4. The highest BCUT2D eigenvalue weighted by molar-refractivity contribution is 6.31. The molecule has 5 rings (SSSR count). The number of nitrogens with one attached hydrogen (secondary N) is 1. The van der Waals surface area contributed by atoms with Gasteiger partial charge in [0.2, 0.25) is 12.7 Å². The lowest BCUT2D eigenvalue weighted by atomic mass is 10.0. The van der Waals surface area contributed by atoms with E-state index in [1.165, 1.54) is 0 Å². The lowest BCUT2D eigenvalue weighted by Crippen LogP contribution is -2.23. The standard InChI is InChI=1S/C26H22ClN3O3/c27-22-9-5-4-6-19(22)15-28-25(31)13-11-20-16-30(21-7-2-1-3-8-21)29-26(20)18-10-12-23-24(14-18)33-17-32-23/h1-10,12,14,16H,11,13,15,17H2,(H,28,31). The third-order valence-corrected chi connectivity index (χ3v) is 5.88. The molecule has 0 aliphatic carbocycles. The van der Waals surface area contributed by atoms with Gasteiger partial charge in [0.05, 0.1) is 11.4 Å². The Morgan fingerprint density at radius 3 is 2.61 bits per heavy atom. The van der Waals surface area contributed by atoms with E-state index in [1.807, 2.05) is 83.7 Å². The first-order chi connectivity index (χ1) is 16.2. The third kappa shape index (κ3) is 4.71. The van der Waals surface area contributed by atoms with Crippen molar-refractivity contribution in [2.24, 2.45) is 0 Å². The Morgan fingerprint density at radius 2 is 1.76 bits per heavy atom. The van der Waals surface area contributed by atoms with Gasteiger partial charge in [0.1, 0.15) is 0 Å². The van der Waals surface area contributed by atoms with E-state index in [4.69, 9.17) is 26.2 Å². The SMILES string of the molecule is O=C(CCc1cn(-c2ccccc2)nc1-c1ccc2c(c1)OCO2)NCc1ccccc1Cl. The van der Waals surface area contributed by atoms with Crippen LogP contribution in [0.5, 0.6) is 11.5 Å². The van der Waals surface area contributed by atoms with E-state index >= 15 is 0 Å². The predicted octanol–water partition coefficient (Wildman–Crippen LogP) is 5.17. The van der Waals surface area contributed by atoms with Crippen LogP contribution >= 0.6 is 11.6 Å². The van der Waals surface area contributed by atoms with E-state index in [2.05, 4.69) is 5.32 Å². The first-order valence-corrected chi connectivity index (χ1v) is 11.1. The summed E-state index contributed by atoms with van der Waals surface area (Å²) in [4.78, 5) is 12.6. The molecule has 0 fully saturated rings. The van der Waals surface area contributed by atoms with Gasteiger partial charge in [-0.15, -0.1) is 0 Å². The van der Waals surface area contributed by atoms with E-state index in [1.54, 1.807) is 0 Å². The summed E-state index contributed by atoms with van der Waals surface area (Å²) in [7, 11) is 0. The number of nitrogens with zero attached hydrogens (tertiary/aromatic N) is 2. The van der Waals surface area contributed by atoms with Gasteiger partial charge in [-0.05, 0) is 53.9 Å². The molecule has 166 valence electrons. The Labute approximate surface area is 196 Å². The number of fused-ring (bicyclic) bond motifs is 1.